The zero-order valence-corrected chi connectivity index (χ0v) is 10.7. The van der Waals surface area contributed by atoms with Crippen LogP contribution in [0.2, 0.25) is 0 Å². The first-order chi connectivity index (χ1) is 8.29. The van der Waals surface area contributed by atoms with Gasteiger partial charge in [0.1, 0.15) is 11.9 Å². The number of aromatic amines is 1. The summed E-state index contributed by atoms with van der Waals surface area (Å²) < 4.78 is 5.73. The fraction of sp³-hybridized carbons (Fsp3) is 0.667. The Morgan fingerprint density at radius 3 is 3.06 bits per heavy atom. The van der Waals surface area contributed by atoms with Crippen molar-refractivity contribution in [2.24, 2.45) is 5.92 Å². The molecule has 1 fully saturated rings. The van der Waals surface area contributed by atoms with E-state index in [1.165, 1.54) is 12.8 Å². The van der Waals surface area contributed by atoms with Crippen LogP contribution in [0, 0.1) is 5.92 Å². The zero-order valence-electron chi connectivity index (χ0n) is 9.86. The van der Waals surface area contributed by atoms with Crippen LogP contribution in [0.1, 0.15) is 43.0 Å². The first-order valence-electron chi connectivity index (χ1n) is 6.11. The van der Waals surface area contributed by atoms with Gasteiger partial charge in [-0.2, -0.15) is 11.8 Å². The van der Waals surface area contributed by atoms with Crippen LogP contribution in [-0.2, 0) is 16.2 Å². The minimum absolute atomic E-state index is 0.0106. The summed E-state index contributed by atoms with van der Waals surface area (Å²) in [6.07, 6.45) is 2.35. The Morgan fingerprint density at radius 1 is 1.53 bits per heavy atom. The summed E-state index contributed by atoms with van der Waals surface area (Å²) in [5, 5.41) is 0. The summed E-state index contributed by atoms with van der Waals surface area (Å²) in [7, 11) is 0. The number of hydrogen-bond donors (Lipinski definition) is 1. The molecule has 1 N–H and O–H groups in total. The number of nitrogens with one attached hydrogen (secondary N) is 1. The lowest BCUT2D eigenvalue weighted by atomic mass is 10.2. The third kappa shape index (κ3) is 2.13. The Hall–Kier alpha value is -0.810. The van der Waals surface area contributed by atoms with E-state index in [-0.39, 0.29) is 11.7 Å². The highest BCUT2D eigenvalue weighted by Gasteiger charge is 2.35. The molecule has 1 aromatic heterocycles. The Morgan fingerprint density at radius 2 is 2.35 bits per heavy atom. The lowest BCUT2D eigenvalue weighted by Gasteiger charge is -2.15. The Balaban J connectivity index is 1.96. The number of nitrogens with zero attached hydrogens (tertiary/aromatic N) is 1. The van der Waals surface area contributed by atoms with E-state index in [2.05, 4.69) is 9.97 Å². The molecule has 5 heteroatoms. The highest BCUT2D eigenvalue weighted by Crippen LogP contribution is 2.42. The molecule has 92 valence electrons. The molecule has 0 aromatic carbocycles. The lowest BCUT2D eigenvalue weighted by Crippen LogP contribution is -2.21. The largest absolute Gasteiger partial charge is 0.370 e. The van der Waals surface area contributed by atoms with Gasteiger partial charge in [0.05, 0.1) is 5.69 Å². The van der Waals surface area contributed by atoms with E-state index >= 15 is 0 Å². The van der Waals surface area contributed by atoms with Gasteiger partial charge in [0.15, 0.2) is 0 Å². The molecule has 1 aliphatic heterocycles. The average Bonchev–Trinajstić information content (AvgIpc) is 3.03. The average molecular weight is 252 g/mol. The summed E-state index contributed by atoms with van der Waals surface area (Å²) >= 11 is 1.75. The maximum atomic E-state index is 11.9. The highest BCUT2D eigenvalue weighted by molar-refractivity contribution is 7.98. The minimum atomic E-state index is -0.0106. The Labute approximate surface area is 104 Å². The van der Waals surface area contributed by atoms with Gasteiger partial charge in [-0.1, -0.05) is 0 Å². The van der Waals surface area contributed by atoms with Gasteiger partial charge in [0.25, 0.3) is 5.56 Å². The molecular formula is C12H16N2O2S. The van der Waals surface area contributed by atoms with Crippen molar-refractivity contribution in [1.82, 2.24) is 9.97 Å². The smallest absolute Gasteiger partial charge is 0.255 e. The molecule has 17 heavy (non-hydrogen) atoms. The fourth-order valence-corrected chi connectivity index (χ4v) is 3.27. The second-order valence-electron chi connectivity index (χ2n) is 4.58. The Kier molecular flexibility index (Phi) is 2.96. The van der Waals surface area contributed by atoms with Crippen LogP contribution >= 0.6 is 11.8 Å². The molecule has 0 saturated heterocycles. The van der Waals surface area contributed by atoms with Crippen molar-refractivity contribution in [2.75, 3.05) is 6.61 Å². The third-order valence-corrected chi connectivity index (χ3v) is 4.24. The van der Waals surface area contributed by atoms with Crippen molar-refractivity contribution >= 4 is 11.8 Å². The van der Waals surface area contributed by atoms with Crippen LogP contribution in [0.3, 0.4) is 0 Å². The summed E-state index contributed by atoms with van der Waals surface area (Å²) in [6, 6.07) is 0. The molecule has 0 radical (unpaired) electrons. The van der Waals surface area contributed by atoms with Crippen LogP contribution in [0.5, 0.6) is 0 Å². The van der Waals surface area contributed by atoms with Crippen molar-refractivity contribution in [3.8, 4) is 0 Å². The number of thioether (sulfide) groups is 1. The number of fused-ring (bicyclic) bond motifs is 1. The van der Waals surface area contributed by atoms with Gasteiger partial charge in [-0.05, 0) is 25.7 Å². The van der Waals surface area contributed by atoms with Crippen molar-refractivity contribution in [2.45, 2.75) is 37.4 Å². The number of ether oxygens (including phenoxy) is 1. The normalized spacial score (nSPS) is 20.3. The molecule has 0 amide bonds. The molecule has 0 spiro atoms. The molecule has 1 saturated carbocycles. The van der Waals surface area contributed by atoms with Gasteiger partial charge in [-0.3, -0.25) is 4.79 Å². The van der Waals surface area contributed by atoms with Gasteiger partial charge < -0.3 is 9.72 Å². The predicted octanol–water partition coefficient (Wildman–Crippen LogP) is 2.00. The SMILES string of the molecule is CCOC(c1nc2c(c(=O)[nH]1)CSC2)C1CC1. The number of hydrogen-bond acceptors (Lipinski definition) is 4. The van der Waals surface area contributed by atoms with Crippen molar-refractivity contribution in [3.05, 3.63) is 27.4 Å². The van der Waals surface area contributed by atoms with E-state index in [4.69, 9.17) is 4.74 Å². The quantitative estimate of drug-likeness (QED) is 0.890. The Bertz CT molecular complexity index is 482. The predicted molar refractivity (Wildman–Crippen MR) is 66.9 cm³/mol. The topological polar surface area (TPSA) is 55.0 Å². The maximum Gasteiger partial charge on any atom is 0.255 e. The monoisotopic (exact) mass is 252 g/mol. The molecule has 3 rings (SSSR count). The van der Waals surface area contributed by atoms with Crippen LogP contribution in [0.4, 0.5) is 0 Å². The molecular weight excluding hydrogens is 236 g/mol. The van der Waals surface area contributed by atoms with Crippen molar-refractivity contribution in [1.29, 1.82) is 0 Å². The number of H-pyrrole nitrogens is 1. The minimum Gasteiger partial charge on any atom is -0.370 e. The van der Waals surface area contributed by atoms with Crippen LogP contribution in [-0.4, -0.2) is 16.6 Å². The molecule has 1 aliphatic carbocycles. The fourth-order valence-electron chi connectivity index (χ4n) is 2.23. The molecule has 0 bridgehead atoms. The lowest BCUT2D eigenvalue weighted by molar-refractivity contribution is 0.0397. The summed E-state index contributed by atoms with van der Waals surface area (Å²) in [5.41, 5.74) is 1.84. The van der Waals surface area contributed by atoms with Crippen molar-refractivity contribution < 1.29 is 4.74 Å². The zero-order chi connectivity index (χ0) is 11.8. The van der Waals surface area contributed by atoms with Gasteiger partial charge in [-0.15, -0.1) is 0 Å². The van der Waals surface area contributed by atoms with E-state index in [0.717, 1.165) is 28.6 Å². The van der Waals surface area contributed by atoms with E-state index < -0.39 is 0 Å². The standard InChI is InChI=1S/C12H16N2O2S/c1-2-16-10(7-3-4-7)11-13-9-6-17-5-8(9)12(15)14-11/h7,10H,2-6H2,1H3,(H,13,14,15). The van der Waals surface area contributed by atoms with E-state index in [0.29, 0.717) is 12.5 Å². The highest BCUT2D eigenvalue weighted by atomic mass is 32.2. The van der Waals surface area contributed by atoms with Gasteiger partial charge >= 0.3 is 0 Å². The molecule has 2 heterocycles. The van der Waals surface area contributed by atoms with Gasteiger partial charge in [0, 0.05) is 23.7 Å². The summed E-state index contributed by atoms with van der Waals surface area (Å²) in [6.45, 7) is 2.65. The number of aromatic nitrogens is 2. The maximum absolute atomic E-state index is 11.9. The molecule has 1 atom stereocenters. The van der Waals surface area contributed by atoms with Crippen LogP contribution < -0.4 is 5.56 Å². The molecule has 1 unspecified atom stereocenters. The van der Waals surface area contributed by atoms with E-state index in [9.17, 15) is 4.79 Å². The summed E-state index contributed by atoms with van der Waals surface area (Å²) in [4.78, 5) is 19.4. The van der Waals surface area contributed by atoms with Crippen LogP contribution in [0.15, 0.2) is 4.79 Å². The van der Waals surface area contributed by atoms with E-state index in [1.807, 2.05) is 6.92 Å². The first-order valence-corrected chi connectivity index (χ1v) is 7.26. The third-order valence-electron chi connectivity index (χ3n) is 3.27. The summed E-state index contributed by atoms with van der Waals surface area (Å²) in [5.74, 6) is 2.93. The second-order valence-corrected chi connectivity index (χ2v) is 5.57. The van der Waals surface area contributed by atoms with Gasteiger partial charge in [-0.25, -0.2) is 4.98 Å². The van der Waals surface area contributed by atoms with Crippen LogP contribution in [0.25, 0.3) is 0 Å². The van der Waals surface area contributed by atoms with E-state index in [1.54, 1.807) is 11.8 Å². The molecule has 2 aliphatic rings. The first kappa shape index (κ1) is 11.3. The molecule has 4 nitrogen and oxygen atoms in total. The molecule has 1 aromatic rings. The second kappa shape index (κ2) is 4.46. The number of rotatable bonds is 4. The van der Waals surface area contributed by atoms with Gasteiger partial charge in [0.2, 0.25) is 0 Å². The van der Waals surface area contributed by atoms with Crippen molar-refractivity contribution in [3.63, 3.8) is 0 Å².